The standard InChI is InChI=1S/C56H74N8O7S/c1-38(42-18-20-43(21-19-42)50-39(2)60-37-72-50)61-53(69)47-34-46(65)36-64(47)55(71)51(56(3,4)5)62-49(67)16-9-7-6-8-11-31-59-52(68)44-22-24-45(25-23-44)54(70)63-32-27-40(28-33-63)14-10-12-30-58-48(66)26-17-41-15-13-29-57-35-41/h13,15,17-26,29,35,37-38,40,46-47,51,65H,6-12,14,16,27-28,30-34,36H2,1-5H3,(H,58,66)(H,59,68)(H,61,69)(H,62,67). The first-order valence-corrected chi connectivity index (χ1v) is 26.6. The van der Waals surface area contributed by atoms with Gasteiger partial charge in [0, 0.05) is 75.2 Å². The molecular weight excluding hydrogens is 929 g/mol. The first kappa shape index (κ1) is 55.1. The van der Waals surface area contributed by atoms with Crippen molar-refractivity contribution in [2.24, 2.45) is 11.3 Å². The third-order valence-electron chi connectivity index (χ3n) is 13.7. The van der Waals surface area contributed by atoms with Crippen molar-refractivity contribution in [2.45, 2.75) is 136 Å². The molecule has 5 N–H and O–H groups in total. The van der Waals surface area contributed by atoms with E-state index in [1.807, 2.05) is 81.4 Å². The molecule has 4 heterocycles. The third kappa shape index (κ3) is 16.4. The second-order valence-electron chi connectivity index (χ2n) is 20.4. The number of benzene rings is 2. The number of piperidine rings is 1. The predicted molar refractivity (Wildman–Crippen MR) is 282 cm³/mol. The highest BCUT2D eigenvalue weighted by atomic mass is 32.1. The van der Waals surface area contributed by atoms with Crippen LogP contribution in [0.3, 0.4) is 0 Å². The van der Waals surface area contributed by atoms with Crippen LogP contribution in [0.15, 0.2) is 84.6 Å². The van der Waals surface area contributed by atoms with E-state index in [0.29, 0.717) is 49.6 Å². The lowest BCUT2D eigenvalue weighted by Gasteiger charge is -2.35. The van der Waals surface area contributed by atoms with Gasteiger partial charge in [-0.25, -0.2) is 4.98 Å². The molecule has 6 amide bonds. The van der Waals surface area contributed by atoms with Crippen molar-refractivity contribution < 1.29 is 33.9 Å². The van der Waals surface area contributed by atoms with E-state index in [1.165, 1.54) is 11.0 Å². The molecule has 0 radical (unpaired) electrons. The Balaban J connectivity index is 0.825. The van der Waals surface area contributed by atoms with Crippen molar-refractivity contribution in [2.75, 3.05) is 32.7 Å². The highest BCUT2D eigenvalue weighted by Gasteiger charge is 2.44. The van der Waals surface area contributed by atoms with Gasteiger partial charge in [-0.3, -0.25) is 33.8 Å². The quantitative estimate of drug-likeness (QED) is 0.0363. The number of unbranched alkanes of at least 4 members (excludes halogenated alkanes) is 5. The Kier molecular flexibility index (Phi) is 20.6. The van der Waals surface area contributed by atoms with Crippen molar-refractivity contribution >= 4 is 52.9 Å². The zero-order valence-electron chi connectivity index (χ0n) is 42.7. The van der Waals surface area contributed by atoms with Gasteiger partial charge in [-0.05, 0) is 110 Å². The minimum atomic E-state index is -0.891. The molecule has 2 aliphatic heterocycles. The lowest BCUT2D eigenvalue weighted by Crippen LogP contribution is -2.57. The average Bonchev–Trinajstić information content (AvgIpc) is 4.00. The molecule has 2 saturated heterocycles. The van der Waals surface area contributed by atoms with Crippen LogP contribution in [0.1, 0.15) is 148 Å². The number of pyridine rings is 1. The molecule has 72 heavy (non-hydrogen) atoms. The van der Waals surface area contributed by atoms with E-state index in [9.17, 15) is 33.9 Å². The Morgan fingerprint density at radius 1 is 0.847 bits per heavy atom. The van der Waals surface area contributed by atoms with Gasteiger partial charge >= 0.3 is 0 Å². The molecule has 0 aliphatic carbocycles. The molecule has 16 heteroatoms. The third-order valence-corrected chi connectivity index (χ3v) is 14.6. The Labute approximate surface area is 429 Å². The van der Waals surface area contributed by atoms with E-state index in [2.05, 4.69) is 31.2 Å². The normalized spacial score (nSPS) is 17.1. The van der Waals surface area contributed by atoms with Crippen molar-refractivity contribution in [1.82, 2.24) is 41.0 Å². The lowest BCUT2D eigenvalue weighted by molar-refractivity contribution is -0.144. The summed E-state index contributed by atoms with van der Waals surface area (Å²) in [5, 5.41) is 22.5. The first-order chi connectivity index (χ1) is 34.6. The van der Waals surface area contributed by atoms with E-state index >= 15 is 0 Å². The highest BCUT2D eigenvalue weighted by molar-refractivity contribution is 7.13. The van der Waals surface area contributed by atoms with Gasteiger partial charge in [0.25, 0.3) is 11.8 Å². The van der Waals surface area contributed by atoms with E-state index in [-0.39, 0.29) is 55.0 Å². The van der Waals surface area contributed by atoms with Gasteiger partial charge in [0.2, 0.25) is 23.6 Å². The maximum Gasteiger partial charge on any atom is 0.253 e. The fraction of sp³-hybridized carbons (Fsp3) is 0.500. The summed E-state index contributed by atoms with van der Waals surface area (Å²) in [5.41, 5.74) is 6.04. The fourth-order valence-electron chi connectivity index (χ4n) is 9.34. The molecule has 0 saturated carbocycles. The predicted octanol–water partition coefficient (Wildman–Crippen LogP) is 7.81. The number of aliphatic hydroxyl groups excluding tert-OH is 1. The molecule has 0 spiro atoms. The zero-order valence-corrected chi connectivity index (χ0v) is 43.5. The van der Waals surface area contributed by atoms with Crippen LogP contribution in [-0.4, -0.2) is 111 Å². The van der Waals surface area contributed by atoms with Crippen molar-refractivity contribution in [3.8, 4) is 10.4 Å². The second-order valence-corrected chi connectivity index (χ2v) is 21.2. The number of rotatable bonds is 23. The number of carbonyl (C=O) groups excluding carboxylic acids is 6. The number of aryl methyl sites for hydroxylation is 1. The topological polar surface area (TPSA) is 203 Å². The molecule has 4 aromatic rings. The molecule has 4 atom stereocenters. The van der Waals surface area contributed by atoms with Gasteiger partial charge in [-0.15, -0.1) is 11.3 Å². The number of likely N-dealkylation sites (tertiary alicyclic amines) is 2. The minimum absolute atomic E-state index is 0.00626. The number of amides is 6. The van der Waals surface area contributed by atoms with Gasteiger partial charge in [0.15, 0.2) is 0 Å². The molecule has 0 bridgehead atoms. The Morgan fingerprint density at radius 2 is 1.53 bits per heavy atom. The summed E-state index contributed by atoms with van der Waals surface area (Å²) >= 11 is 1.58. The highest BCUT2D eigenvalue weighted by Crippen LogP contribution is 2.30. The molecule has 4 unspecified atom stereocenters. The average molecular weight is 1000 g/mol. The SMILES string of the molecule is Cc1ncsc1-c1ccc(C(C)NC(=O)C2CC(O)CN2C(=O)C(NC(=O)CCCCCCCNC(=O)c2ccc(C(=O)N3CCC(CCCCNC(=O)C=Cc4cccnc4)CC3)cc2)C(C)(C)C)cc1. The summed E-state index contributed by atoms with van der Waals surface area (Å²) in [6, 6.07) is 16.4. The van der Waals surface area contributed by atoms with Crippen LogP contribution < -0.4 is 21.3 Å². The van der Waals surface area contributed by atoms with Crippen LogP contribution >= 0.6 is 11.3 Å². The summed E-state index contributed by atoms with van der Waals surface area (Å²) < 4.78 is 0. The second kappa shape index (κ2) is 27.0. The number of nitrogens with one attached hydrogen (secondary N) is 4. The van der Waals surface area contributed by atoms with Gasteiger partial charge in [0.05, 0.1) is 28.2 Å². The molecule has 2 aromatic heterocycles. The molecule has 386 valence electrons. The number of aromatic nitrogens is 2. The summed E-state index contributed by atoms with van der Waals surface area (Å²) in [4.78, 5) is 92.0. The van der Waals surface area contributed by atoms with Gasteiger partial charge < -0.3 is 36.2 Å². The number of nitrogens with zero attached hydrogens (tertiary/aromatic N) is 4. The van der Waals surface area contributed by atoms with Gasteiger partial charge in [0.1, 0.15) is 12.1 Å². The van der Waals surface area contributed by atoms with Gasteiger partial charge in [-0.2, -0.15) is 0 Å². The number of thiazole rings is 1. The first-order valence-electron chi connectivity index (χ1n) is 25.7. The van der Waals surface area contributed by atoms with E-state index in [0.717, 1.165) is 85.0 Å². The largest absolute Gasteiger partial charge is 0.391 e. The van der Waals surface area contributed by atoms with Crippen molar-refractivity contribution in [1.29, 1.82) is 0 Å². The van der Waals surface area contributed by atoms with Crippen LogP contribution in [0.4, 0.5) is 0 Å². The van der Waals surface area contributed by atoms with E-state index < -0.39 is 29.5 Å². The molecule has 2 fully saturated rings. The number of carbonyl (C=O) groups is 6. The van der Waals surface area contributed by atoms with Crippen LogP contribution in [0.25, 0.3) is 16.5 Å². The molecule has 2 aromatic carbocycles. The maximum atomic E-state index is 14.1. The Hall–Kier alpha value is -6.26. The van der Waals surface area contributed by atoms with Crippen molar-refractivity contribution in [3.63, 3.8) is 0 Å². The molecule has 2 aliphatic rings. The van der Waals surface area contributed by atoms with Crippen LogP contribution in [0.5, 0.6) is 0 Å². The summed E-state index contributed by atoms with van der Waals surface area (Å²) in [6.07, 6.45) is 15.0. The zero-order chi connectivity index (χ0) is 51.6. The number of hydrogen-bond acceptors (Lipinski definition) is 10. The number of aliphatic hydroxyl groups is 1. The van der Waals surface area contributed by atoms with E-state index in [4.69, 9.17) is 0 Å². The molecule has 6 rings (SSSR count). The monoisotopic (exact) mass is 1000 g/mol. The number of β-amino-alcohol motifs (C(OH)–C–C–N with tert-alkyl or cyclic N) is 1. The Bertz CT molecular complexity index is 2450. The number of hydrogen-bond donors (Lipinski definition) is 5. The van der Waals surface area contributed by atoms with Crippen molar-refractivity contribution in [3.05, 3.63) is 113 Å². The fourth-order valence-corrected chi connectivity index (χ4v) is 10.2. The summed E-state index contributed by atoms with van der Waals surface area (Å²) in [5.74, 6) is -0.754. The Morgan fingerprint density at radius 3 is 2.21 bits per heavy atom. The molecular formula is C56H74N8O7S. The molecule has 15 nitrogen and oxygen atoms in total. The smallest absolute Gasteiger partial charge is 0.253 e. The minimum Gasteiger partial charge on any atom is -0.391 e. The van der Waals surface area contributed by atoms with Crippen LogP contribution in [-0.2, 0) is 19.2 Å². The summed E-state index contributed by atoms with van der Waals surface area (Å²) in [6.45, 7) is 12.0. The van der Waals surface area contributed by atoms with Crippen LogP contribution in [0.2, 0.25) is 0 Å². The van der Waals surface area contributed by atoms with E-state index in [1.54, 1.807) is 54.1 Å². The lowest BCUT2D eigenvalue weighted by atomic mass is 9.85. The maximum absolute atomic E-state index is 14.1. The summed E-state index contributed by atoms with van der Waals surface area (Å²) in [7, 11) is 0. The van der Waals surface area contributed by atoms with Gasteiger partial charge in [-0.1, -0.05) is 83.2 Å². The van der Waals surface area contributed by atoms with Crippen LogP contribution in [0, 0.1) is 18.3 Å².